The number of ether oxygens (including phenoxy) is 2. The zero-order valence-corrected chi connectivity index (χ0v) is 24.3. The maximum atomic E-state index is 15.5. The first-order valence-electron chi connectivity index (χ1n) is 13.9. The van der Waals surface area contributed by atoms with E-state index in [9.17, 15) is 23.1 Å². The summed E-state index contributed by atoms with van der Waals surface area (Å²) in [6, 6.07) is 20.6. The molecule has 4 aromatic carbocycles. The Morgan fingerprint density at radius 2 is 1.74 bits per heavy atom. The number of carboxylic acid groups (broad SMARTS) is 1. The van der Waals surface area contributed by atoms with Gasteiger partial charge in [0.1, 0.15) is 22.9 Å². The molecule has 2 heterocycles. The van der Waals surface area contributed by atoms with Crippen molar-refractivity contribution in [2.24, 2.45) is 4.99 Å². The number of alkyl halides is 3. The smallest absolute Gasteiger partial charge is 0.496 e. The van der Waals surface area contributed by atoms with Gasteiger partial charge in [-0.2, -0.15) is 0 Å². The lowest BCUT2D eigenvalue weighted by atomic mass is 9.90. The highest BCUT2D eigenvalue weighted by Gasteiger charge is 2.34. The number of fused-ring (bicyclic) bond motifs is 3. The predicted molar refractivity (Wildman–Crippen MR) is 163 cm³/mol. The van der Waals surface area contributed by atoms with Crippen LogP contribution in [-0.4, -0.2) is 40.2 Å². The molecule has 0 saturated heterocycles. The summed E-state index contributed by atoms with van der Waals surface area (Å²) in [4.78, 5) is 25.2. The summed E-state index contributed by atoms with van der Waals surface area (Å²) in [6.45, 7) is 1.86. The Hall–Kier alpha value is -5.78. The van der Waals surface area contributed by atoms with Gasteiger partial charge in [0, 0.05) is 34.6 Å². The van der Waals surface area contributed by atoms with Crippen LogP contribution in [0, 0.1) is 12.7 Å². The molecule has 6 rings (SSSR count). The fraction of sp³-hybridized carbons (Fsp3) is 0.118. The van der Waals surface area contributed by atoms with Crippen molar-refractivity contribution < 1.29 is 36.9 Å². The van der Waals surface area contributed by atoms with Crippen molar-refractivity contribution in [3.63, 3.8) is 0 Å². The Morgan fingerprint density at radius 1 is 0.935 bits per heavy atom. The molecule has 46 heavy (non-hydrogen) atoms. The van der Waals surface area contributed by atoms with Gasteiger partial charge in [0.15, 0.2) is 0 Å². The van der Waals surface area contributed by atoms with Gasteiger partial charge < -0.3 is 19.9 Å². The van der Waals surface area contributed by atoms with Crippen molar-refractivity contribution in [3.8, 4) is 33.9 Å². The SMILES string of the molecule is COc1cc(Nc2ncc3c(n2)-c2ccc(-c4ccccc4C)cc2C(c2c(F)cccc2OC(F)(F)F)=NC3)ccc1C(=O)O. The van der Waals surface area contributed by atoms with E-state index in [-0.39, 0.29) is 29.5 Å². The summed E-state index contributed by atoms with van der Waals surface area (Å²) in [7, 11) is 1.35. The molecule has 5 aromatic rings. The molecule has 0 fully saturated rings. The number of aliphatic imine (C=N–C) groups is 1. The molecule has 8 nitrogen and oxygen atoms in total. The van der Waals surface area contributed by atoms with Crippen LogP contribution in [0.2, 0.25) is 0 Å². The highest BCUT2D eigenvalue weighted by Crippen LogP contribution is 2.39. The van der Waals surface area contributed by atoms with Gasteiger partial charge in [-0.15, -0.1) is 13.2 Å². The van der Waals surface area contributed by atoms with Crippen molar-refractivity contribution in [2.75, 3.05) is 12.4 Å². The second-order valence-corrected chi connectivity index (χ2v) is 10.3. The van der Waals surface area contributed by atoms with E-state index >= 15 is 4.39 Å². The number of rotatable bonds is 7. The van der Waals surface area contributed by atoms with Crippen LogP contribution in [0.3, 0.4) is 0 Å². The fourth-order valence-electron chi connectivity index (χ4n) is 5.31. The number of carbonyl (C=O) groups is 1. The zero-order valence-electron chi connectivity index (χ0n) is 24.3. The lowest BCUT2D eigenvalue weighted by molar-refractivity contribution is -0.274. The third-order valence-electron chi connectivity index (χ3n) is 7.38. The number of aryl methyl sites for hydroxylation is 1. The number of aromatic carboxylic acids is 1. The Morgan fingerprint density at radius 3 is 2.48 bits per heavy atom. The highest BCUT2D eigenvalue weighted by atomic mass is 19.4. The van der Waals surface area contributed by atoms with E-state index in [1.165, 1.54) is 31.5 Å². The van der Waals surface area contributed by atoms with Crippen LogP contribution in [0.15, 0.2) is 90.1 Å². The Labute approximate surface area is 260 Å². The first-order chi connectivity index (χ1) is 22.0. The van der Waals surface area contributed by atoms with Crippen LogP contribution >= 0.6 is 0 Å². The number of benzene rings is 4. The Bertz CT molecular complexity index is 2030. The van der Waals surface area contributed by atoms with E-state index in [4.69, 9.17) is 9.72 Å². The molecule has 0 spiro atoms. The summed E-state index contributed by atoms with van der Waals surface area (Å²) >= 11 is 0. The van der Waals surface area contributed by atoms with Crippen LogP contribution in [0.4, 0.5) is 29.2 Å². The molecule has 232 valence electrons. The lowest BCUT2D eigenvalue weighted by Gasteiger charge is -2.18. The van der Waals surface area contributed by atoms with Gasteiger partial charge in [-0.3, -0.25) is 4.99 Å². The Kier molecular flexibility index (Phi) is 7.86. The van der Waals surface area contributed by atoms with Crippen LogP contribution < -0.4 is 14.8 Å². The van der Waals surface area contributed by atoms with Gasteiger partial charge >= 0.3 is 12.3 Å². The minimum atomic E-state index is -5.07. The molecule has 1 aromatic heterocycles. The zero-order chi connectivity index (χ0) is 32.6. The van der Waals surface area contributed by atoms with Crippen molar-refractivity contribution >= 4 is 23.3 Å². The van der Waals surface area contributed by atoms with E-state index in [2.05, 4.69) is 20.0 Å². The predicted octanol–water partition coefficient (Wildman–Crippen LogP) is 7.96. The lowest BCUT2D eigenvalue weighted by Crippen LogP contribution is -2.20. The number of hydrogen-bond donors (Lipinski definition) is 2. The molecule has 0 atom stereocenters. The topological polar surface area (TPSA) is 106 Å². The molecule has 1 aliphatic heterocycles. The number of nitrogens with one attached hydrogen (secondary N) is 1. The number of carboxylic acids is 1. The quantitative estimate of drug-likeness (QED) is 0.176. The normalized spacial score (nSPS) is 12.3. The second kappa shape index (κ2) is 12.0. The summed E-state index contributed by atoms with van der Waals surface area (Å²) in [5.41, 5.74) is 4.30. The standard InChI is InChI=1S/C34H24F4N4O4/c1-18-6-3-4-7-22(18)19-10-12-23-25(14-19)31(29-26(35)8-5-9-27(29)46-34(36,37)38)39-16-20-17-40-33(42-30(20)23)41-21-11-13-24(32(43)44)28(15-21)45-2/h3-15,17H,16H2,1-2H3,(H,43,44)(H,40,41,42). The van der Waals surface area contributed by atoms with Crippen LogP contribution in [0.25, 0.3) is 22.4 Å². The maximum Gasteiger partial charge on any atom is 0.573 e. The molecule has 0 amide bonds. The third-order valence-corrected chi connectivity index (χ3v) is 7.38. The summed E-state index contributed by atoms with van der Waals surface area (Å²) < 4.78 is 65.2. The van der Waals surface area contributed by atoms with Crippen molar-refractivity contribution in [1.82, 2.24) is 9.97 Å². The summed E-state index contributed by atoms with van der Waals surface area (Å²) in [5, 5.41) is 12.4. The number of hydrogen-bond acceptors (Lipinski definition) is 7. The van der Waals surface area contributed by atoms with Gasteiger partial charge in [-0.25, -0.2) is 19.2 Å². The molecule has 0 radical (unpaired) electrons. The van der Waals surface area contributed by atoms with Gasteiger partial charge in [0.25, 0.3) is 0 Å². The minimum absolute atomic E-state index is 0.0269. The van der Waals surface area contributed by atoms with E-state index in [0.29, 0.717) is 28.1 Å². The average Bonchev–Trinajstić information content (AvgIpc) is 3.17. The van der Waals surface area contributed by atoms with Gasteiger partial charge in [-0.05, 0) is 53.9 Å². The third kappa shape index (κ3) is 5.96. The van der Waals surface area contributed by atoms with Crippen molar-refractivity contribution in [3.05, 3.63) is 119 Å². The average molecular weight is 629 g/mol. The first kappa shape index (κ1) is 30.3. The molecule has 0 bridgehead atoms. The molecule has 2 N–H and O–H groups in total. The van der Waals surface area contributed by atoms with E-state index in [1.807, 2.05) is 37.3 Å². The Balaban J connectivity index is 1.51. The van der Waals surface area contributed by atoms with E-state index < -0.39 is 29.5 Å². The number of methoxy groups -OCH3 is 1. The van der Waals surface area contributed by atoms with Crippen LogP contribution in [0.5, 0.6) is 11.5 Å². The summed E-state index contributed by atoms with van der Waals surface area (Å²) in [5.74, 6) is -2.54. The second-order valence-electron chi connectivity index (χ2n) is 10.3. The molecule has 1 aliphatic rings. The highest BCUT2D eigenvalue weighted by molar-refractivity contribution is 6.18. The number of anilines is 2. The largest absolute Gasteiger partial charge is 0.573 e. The minimum Gasteiger partial charge on any atom is -0.496 e. The maximum absolute atomic E-state index is 15.5. The molecular formula is C34H24F4N4O4. The summed E-state index contributed by atoms with van der Waals surface area (Å²) in [6.07, 6.45) is -3.55. The molecule has 12 heteroatoms. The first-order valence-corrected chi connectivity index (χ1v) is 13.9. The fourth-order valence-corrected chi connectivity index (χ4v) is 5.31. The molecule has 0 unspecified atom stereocenters. The number of halogens is 4. The molecular weight excluding hydrogens is 604 g/mol. The van der Waals surface area contributed by atoms with E-state index in [1.54, 1.807) is 12.1 Å². The van der Waals surface area contributed by atoms with Gasteiger partial charge in [-0.1, -0.05) is 42.5 Å². The van der Waals surface area contributed by atoms with Gasteiger partial charge in [0.05, 0.1) is 30.6 Å². The van der Waals surface area contributed by atoms with Crippen molar-refractivity contribution in [2.45, 2.75) is 19.8 Å². The number of nitrogens with zero attached hydrogens (tertiary/aromatic N) is 3. The van der Waals surface area contributed by atoms with Crippen molar-refractivity contribution in [1.29, 1.82) is 0 Å². The van der Waals surface area contributed by atoms with E-state index in [0.717, 1.165) is 34.9 Å². The molecule has 0 aliphatic carbocycles. The molecule has 0 saturated carbocycles. The van der Waals surface area contributed by atoms with Gasteiger partial charge in [0.2, 0.25) is 5.95 Å². The monoisotopic (exact) mass is 628 g/mol. The van der Waals surface area contributed by atoms with Crippen LogP contribution in [-0.2, 0) is 6.54 Å². The number of aromatic nitrogens is 2. The van der Waals surface area contributed by atoms with Crippen LogP contribution in [0.1, 0.15) is 32.6 Å².